The highest BCUT2D eigenvalue weighted by atomic mass is 15.3. The number of piperazine rings is 1. The van der Waals surface area contributed by atoms with E-state index in [9.17, 15) is 0 Å². The fourth-order valence-corrected chi connectivity index (χ4v) is 2.77. The van der Waals surface area contributed by atoms with E-state index in [1.807, 2.05) is 16.5 Å². The Bertz CT molecular complexity index is 791. The van der Waals surface area contributed by atoms with Crippen LogP contribution in [-0.4, -0.2) is 50.7 Å². The molecule has 3 N–H and O–H groups in total. The van der Waals surface area contributed by atoms with Crippen LogP contribution in [-0.2, 0) is 0 Å². The van der Waals surface area contributed by atoms with Crippen molar-refractivity contribution < 1.29 is 0 Å². The molecule has 4 rings (SSSR count). The maximum Gasteiger partial charge on any atom is 0.173 e. The van der Waals surface area contributed by atoms with E-state index < -0.39 is 0 Å². The molecule has 1 aliphatic rings. The summed E-state index contributed by atoms with van der Waals surface area (Å²) in [7, 11) is 0. The summed E-state index contributed by atoms with van der Waals surface area (Å²) >= 11 is 0. The van der Waals surface area contributed by atoms with Gasteiger partial charge in [0.2, 0.25) is 0 Å². The number of hydrogen-bond donors (Lipinski definition) is 2. The number of nitrogen functional groups attached to an aromatic ring is 1. The average Bonchev–Trinajstić information content (AvgIpc) is 3.02. The Hall–Kier alpha value is -2.74. The van der Waals surface area contributed by atoms with Crippen LogP contribution >= 0.6 is 0 Å². The minimum atomic E-state index is 0.642. The van der Waals surface area contributed by atoms with Crippen LogP contribution in [0.1, 0.15) is 0 Å². The largest absolute Gasteiger partial charge is 0.383 e. The molecular weight excluding hydrogens is 280 g/mol. The molecule has 112 valence electrons. The van der Waals surface area contributed by atoms with Gasteiger partial charge in [-0.05, 0) is 12.1 Å². The first-order valence-electron chi connectivity index (χ1n) is 7.19. The Kier molecular flexibility index (Phi) is 3.08. The highest BCUT2D eigenvalue weighted by Crippen LogP contribution is 2.28. The molecule has 4 heterocycles. The summed E-state index contributed by atoms with van der Waals surface area (Å²) in [5.74, 6) is 1.30. The molecule has 0 spiro atoms. The van der Waals surface area contributed by atoms with Crippen molar-refractivity contribution in [3.63, 3.8) is 0 Å². The maximum absolute atomic E-state index is 6.41. The van der Waals surface area contributed by atoms with Crippen molar-refractivity contribution in [2.45, 2.75) is 0 Å². The molecule has 8 heteroatoms. The number of aromatic nitrogens is 5. The fourth-order valence-electron chi connectivity index (χ4n) is 2.77. The van der Waals surface area contributed by atoms with Crippen LogP contribution in [0.15, 0.2) is 30.9 Å². The van der Waals surface area contributed by atoms with Crippen molar-refractivity contribution in [2.24, 2.45) is 0 Å². The maximum atomic E-state index is 6.41. The molecule has 3 aromatic rings. The summed E-state index contributed by atoms with van der Waals surface area (Å²) in [6.07, 6.45) is 4.91. The van der Waals surface area contributed by atoms with E-state index in [1.165, 1.54) is 6.33 Å². The second-order valence-electron chi connectivity index (χ2n) is 5.19. The lowest BCUT2D eigenvalue weighted by molar-refractivity contribution is 0.589. The molecule has 8 nitrogen and oxygen atoms in total. The van der Waals surface area contributed by atoms with E-state index >= 15 is 0 Å². The number of fused-ring (bicyclic) bond motifs is 1. The van der Waals surface area contributed by atoms with Gasteiger partial charge in [-0.3, -0.25) is 4.40 Å². The first-order chi connectivity index (χ1) is 10.8. The Labute approximate surface area is 127 Å². The van der Waals surface area contributed by atoms with E-state index in [4.69, 9.17) is 5.73 Å². The topological polar surface area (TPSA) is 97.3 Å². The lowest BCUT2D eigenvalue weighted by atomic mass is 10.2. The van der Waals surface area contributed by atoms with Gasteiger partial charge in [0.25, 0.3) is 0 Å². The van der Waals surface area contributed by atoms with Gasteiger partial charge in [-0.2, -0.15) is 0 Å². The molecular formula is C14H16N8. The van der Waals surface area contributed by atoms with Crippen LogP contribution in [0.2, 0.25) is 0 Å². The van der Waals surface area contributed by atoms with Gasteiger partial charge in [0.05, 0.1) is 11.3 Å². The Morgan fingerprint density at radius 1 is 1.05 bits per heavy atom. The predicted molar refractivity (Wildman–Crippen MR) is 83.5 cm³/mol. The van der Waals surface area contributed by atoms with Crippen molar-refractivity contribution in [1.82, 2.24) is 29.9 Å². The Morgan fingerprint density at radius 3 is 2.59 bits per heavy atom. The first kappa shape index (κ1) is 13.0. The number of anilines is 2. The minimum absolute atomic E-state index is 0.642. The van der Waals surface area contributed by atoms with E-state index in [0.717, 1.165) is 43.1 Å². The Balaban J connectivity index is 1.86. The molecule has 0 unspecified atom stereocenters. The summed E-state index contributed by atoms with van der Waals surface area (Å²) in [6, 6.07) is 3.95. The molecule has 0 aliphatic carbocycles. The molecule has 0 saturated carbocycles. The van der Waals surface area contributed by atoms with Gasteiger partial charge in [0.15, 0.2) is 11.5 Å². The monoisotopic (exact) mass is 296 g/mol. The van der Waals surface area contributed by atoms with E-state index in [-0.39, 0.29) is 0 Å². The molecule has 1 aliphatic heterocycles. The SMILES string of the molecule is Nc1c(N2CCNCC2)ccc2nnc(-c3cncnc3)n12. The van der Waals surface area contributed by atoms with Crippen LogP contribution in [0.3, 0.4) is 0 Å². The summed E-state index contributed by atoms with van der Waals surface area (Å²) in [6.45, 7) is 3.78. The van der Waals surface area contributed by atoms with Crippen molar-refractivity contribution in [2.75, 3.05) is 36.8 Å². The third kappa shape index (κ3) is 2.04. The molecule has 0 aromatic carbocycles. The number of nitrogens with one attached hydrogen (secondary N) is 1. The third-order valence-corrected chi connectivity index (χ3v) is 3.86. The van der Waals surface area contributed by atoms with Gasteiger partial charge in [0.1, 0.15) is 12.1 Å². The standard InChI is InChI=1S/C14H16N8/c15-13-11(21-5-3-16-4-6-21)1-2-12-19-20-14(22(12)13)10-7-17-9-18-8-10/h1-2,7-9,16H,3-6,15H2. The summed E-state index contributed by atoms with van der Waals surface area (Å²) < 4.78 is 1.86. The summed E-state index contributed by atoms with van der Waals surface area (Å²) in [4.78, 5) is 10.3. The second-order valence-corrected chi connectivity index (χ2v) is 5.19. The van der Waals surface area contributed by atoms with Crippen molar-refractivity contribution in [3.05, 3.63) is 30.9 Å². The molecule has 0 amide bonds. The molecule has 0 radical (unpaired) electrons. The normalized spacial score (nSPS) is 15.4. The zero-order chi connectivity index (χ0) is 14.9. The fraction of sp³-hybridized carbons (Fsp3) is 0.286. The van der Waals surface area contributed by atoms with Crippen LogP contribution in [0.4, 0.5) is 11.5 Å². The molecule has 0 atom stereocenters. The van der Waals surface area contributed by atoms with Crippen molar-refractivity contribution >= 4 is 17.2 Å². The molecule has 1 saturated heterocycles. The van der Waals surface area contributed by atoms with Gasteiger partial charge in [-0.1, -0.05) is 0 Å². The third-order valence-electron chi connectivity index (χ3n) is 3.86. The molecule has 1 fully saturated rings. The zero-order valence-electron chi connectivity index (χ0n) is 12.0. The van der Waals surface area contributed by atoms with Crippen LogP contribution in [0.25, 0.3) is 17.0 Å². The molecule has 0 bridgehead atoms. The van der Waals surface area contributed by atoms with Crippen LogP contribution < -0.4 is 16.0 Å². The highest BCUT2D eigenvalue weighted by Gasteiger charge is 2.18. The quantitative estimate of drug-likeness (QED) is 0.696. The van der Waals surface area contributed by atoms with Crippen LogP contribution in [0, 0.1) is 0 Å². The second kappa shape index (κ2) is 5.23. The average molecular weight is 296 g/mol. The Morgan fingerprint density at radius 2 is 1.82 bits per heavy atom. The van der Waals surface area contributed by atoms with Gasteiger partial charge >= 0.3 is 0 Å². The first-order valence-corrected chi connectivity index (χ1v) is 7.19. The lowest BCUT2D eigenvalue weighted by Crippen LogP contribution is -2.43. The number of nitrogens with two attached hydrogens (primary N) is 1. The van der Waals surface area contributed by atoms with E-state index in [1.54, 1.807) is 12.4 Å². The van der Waals surface area contributed by atoms with E-state index in [2.05, 4.69) is 30.4 Å². The van der Waals surface area contributed by atoms with Crippen molar-refractivity contribution in [1.29, 1.82) is 0 Å². The van der Waals surface area contributed by atoms with Gasteiger partial charge in [-0.25, -0.2) is 9.97 Å². The number of pyridine rings is 1. The number of nitrogens with zero attached hydrogens (tertiary/aromatic N) is 6. The van der Waals surface area contributed by atoms with Gasteiger partial charge in [0, 0.05) is 38.6 Å². The number of hydrogen-bond acceptors (Lipinski definition) is 7. The highest BCUT2D eigenvalue weighted by molar-refractivity contribution is 5.72. The van der Waals surface area contributed by atoms with E-state index in [0.29, 0.717) is 11.6 Å². The zero-order valence-corrected chi connectivity index (χ0v) is 12.0. The molecule has 22 heavy (non-hydrogen) atoms. The predicted octanol–water partition coefficient (Wildman–Crippen LogP) is 0.178. The van der Waals surface area contributed by atoms with Gasteiger partial charge in [-0.15, -0.1) is 10.2 Å². The number of rotatable bonds is 2. The summed E-state index contributed by atoms with van der Waals surface area (Å²) in [5, 5.41) is 11.8. The van der Waals surface area contributed by atoms with Crippen LogP contribution in [0.5, 0.6) is 0 Å². The van der Waals surface area contributed by atoms with Crippen molar-refractivity contribution in [3.8, 4) is 11.4 Å². The minimum Gasteiger partial charge on any atom is -0.383 e. The smallest absolute Gasteiger partial charge is 0.173 e. The lowest BCUT2D eigenvalue weighted by Gasteiger charge is -2.30. The van der Waals surface area contributed by atoms with Gasteiger partial charge < -0.3 is 16.0 Å². The molecule has 3 aromatic heterocycles. The summed E-state index contributed by atoms with van der Waals surface area (Å²) in [5.41, 5.74) is 8.93.